The Morgan fingerprint density at radius 3 is 2.65 bits per heavy atom. The van der Waals surface area contributed by atoms with Crippen LogP contribution in [-0.4, -0.2) is 46.3 Å². The number of carbonyl (C=O) groups excluding carboxylic acids is 1. The van der Waals surface area contributed by atoms with Crippen LogP contribution >= 0.6 is 12.4 Å². The van der Waals surface area contributed by atoms with Gasteiger partial charge in [0.15, 0.2) is 0 Å². The Labute approximate surface area is 140 Å². The molecule has 7 heteroatoms. The smallest absolute Gasteiger partial charge is 0.274 e. The van der Waals surface area contributed by atoms with E-state index < -0.39 is 0 Å². The Kier molecular flexibility index (Phi) is 5.52. The van der Waals surface area contributed by atoms with E-state index in [9.17, 15) is 9.59 Å². The third-order valence-corrected chi connectivity index (χ3v) is 3.68. The summed E-state index contributed by atoms with van der Waals surface area (Å²) >= 11 is 0. The number of nitrogens with one attached hydrogen (secondary N) is 1. The van der Waals surface area contributed by atoms with Crippen LogP contribution in [0.4, 0.5) is 0 Å². The number of aromatic nitrogens is 2. The number of halogens is 1. The maximum absolute atomic E-state index is 12.6. The fourth-order valence-electron chi connectivity index (χ4n) is 2.56. The van der Waals surface area contributed by atoms with E-state index in [0.29, 0.717) is 18.8 Å². The van der Waals surface area contributed by atoms with Crippen molar-refractivity contribution in [3.63, 3.8) is 0 Å². The van der Waals surface area contributed by atoms with E-state index in [1.54, 1.807) is 17.0 Å². The molecule has 1 aliphatic rings. The zero-order chi connectivity index (χ0) is 15.5. The van der Waals surface area contributed by atoms with Crippen molar-refractivity contribution in [1.82, 2.24) is 20.0 Å². The van der Waals surface area contributed by atoms with E-state index in [1.165, 1.54) is 16.8 Å². The first-order valence-corrected chi connectivity index (χ1v) is 7.33. The molecule has 0 saturated carbocycles. The Morgan fingerprint density at radius 1 is 1.22 bits per heavy atom. The summed E-state index contributed by atoms with van der Waals surface area (Å²) in [5, 5.41) is 7.53. The molecule has 1 fully saturated rings. The molecule has 1 saturated heterocycles. The molecule has 1 unspecified atom stereocenters. The summed E-state index contributed by atoms with van der Waals surface area (Å²) in [7, 11) is 0. The zero-order valence-electron chi connectivity index (χ0n) is 12.8. The summed E-state index contributed by atoms with van der Waals surface area (Å²) in [6.45, 7) is 4.10. The van der Waals surface area contributed by atoms with Crippen LogP contribution in [0.5, 0.6) is 0 Å². The Morgan fingerprint density at radius 2 is 1.96 bits per heavy atom. The first-order valence-electron chi connectivity index (χ1n) is 7.33. The molecule has 1 aromatic heterocycles. The predicted molar refractivity (Wildman–Crippen MR) is 90.5 cm³/mol. The largest absolute Gasteiger partial charge is 0.334 e. The first-order chi connectivity index (χ1) is 10.6. The van der Waals surface area contributed by atoms with Crippen LogP contribution in [0.25, 0.3) is 5.69 Å². The monoisotopic (exact) mass is 334 g/mol. The van der Waals surface area contributed by atoms with Crippen molar-refractivity contribution in [2.24, 2.45) is 0 Å². The van der Waals surface area contributed by atoms with E-state index in [1.807, 2.05) is 25.1 Å². The molecule has 2 heterocycles. The molecule has 1 N–H and O–H groups in total. The lowest BCUT2D eigenvalue weighted by molar-refractivity contribution is 0.0701. The maximum Gasteiger partial charge on any atom is 0.274 e. The second kappa shape index (κ2) is 7.39. The number of para-hydroxylation sites is 1. The average molecular weight is 335 g/mol. The standard InChI is InChI=1S/C16H18N4O2.ClH/c1-12-11-19(10-9-17-12)16(22)14-7-8-15(21)20(18-14)13-5-3-2-4-6-13;/h2-8,12,17H,9-11H2,1H3;1H. The SMILES string of the molecule is CC1CN(C(=O)c2ccc(=O)n(-c3ccccc3)n2)CCN1.Cl. The molecule has 23 heavy (non-hydrogen) atoms. The Balaban J connectivity index is 0.00000192. The first kappa shape index (κ1) is 17.2. The van der Waals surface area contributed by atoms with Gasteiger partial charge in [-0.1, -0.05) is 18.2 Å². The van der Waals surface area contributed by atoms with Crippen molar-refractivity contribution in [1.29, 1.82) is 0 Å². The quantitative estimate of drug-likeness (QED) is 0.892. The van der Waals surface area contributed by atoms with E-state index in [2.05, 4.69) is 10.4 Å². The minimum atomic E-state index is -0.253. The van der Waals surface area contributed by atoms with Crippen LogP contribution in [0.15, 0.2) is 47.3 Å². The van der Waals surface area contributed by atoms with Gasteiger partial charge in [-0.3, -0.25) is 9.59 Å². The van der Waals surface area contributed by atoms with Crippen LogP contribution in [0.1, 0.15) is 17.4 Å². The van der Waals surface area contributed by atoms with Gasteiger partial charge in [-0.25, -0.2) is 0 Å². The summed E-state index contributed by atoms with van der Waals surface area (Å²) < 4.78 is 1.26. The summed E-state index contributed by atoms with van der Waals surface area (Å²) in [6, 6.07) is 12.2. The predicted octanol–water partition coefficient (Wildman–Crippen LogP) is 1.09. The molecule has 1 aromatic carbocycles. The molecule has 0 bridgehead atoms. The molecule has 2 aromatic rings. The number of benzene rings is 1. The van der Waals surface area contributed by atoms with Gasteiger partial charge in [0.25, 0.3) is 11.5 Å². The van der Waals surface area contributed by atoms with Gasteiger partial charge in [-0.05, 0) is 25.1 Å². The third-order valence-electron chi connectivity index (χ3n) is 3.68. The van der Waals surface area contributed by atoms with Gasteiger partial charge in [0, 0.05) is 31.7 Å². The van der Waals surface area contributed by atoms with E-state index in [-0.39, 0.29) is 35.6 Å². The minimum absolute atomic E-state index is 0. The molecule has 0 radical (unpaired) electrons. The number of carbonyl (C=O) groups is 1. The van der Waals surface area contributed by atoms with Gasteiger partial charge in [0.1, 0.15) is 5.69 Å². The fraction of sp³-hybridized carbons (Fsp3) is 0.312. The number of nitrogens with zero attached hydrogens (tertiary/aromatic N) is 3. The lowest BCUT2D eigenvalue weighted by atomic mass is 10.2. The molecule has 1 atom stereocenters. The van der Waals surface area contributed by atoms with Gasteiger partial charge >= 0.3 is 0 Å². The number of rotatable bonds is 2. The number of piperazine rings is 1. The van der Waals surface area contributed by atoms with Crippen LogP contribution < -0.4 is 10.9 Å². The van der Waals surface area contributed by atoms with Crippen molar-refractivity contribution in [2.75, 3.05) is 19.6 Å². The molecule has 0 spiro atoms. The van der Waals surface area contributed by atoms with Crippen molar-refractivity contribution in [3.05, 3.63) is 58.5 Å². The highest BCUT2D eigenvalue weighted by Gasteiger charge is 2.23. The summed E-state index contributed by atoms with van der Waals surface area (Å²) in [5.41, 5.74) is 0.685. The van der Waals surface area contributed by atoms with Crippen LogP contribution in [0.2, 0.25) is 0 Å². The molecule has 1 amide bonds. The second-order valence-corrected chi connectivity index (χ2v) is 5.41. The fourth-order valence-corrected chi connectivity index (χ4v) is 2.56. The van der Waals surface area contributed by atoms with Gasteiger partial charge < -0.3 is 10.2 Å². The van der Waals surface area contributed by atoms with Crippen molar-refractivity contribution in [2.45, 2.75) is 13.0 Å². The zero-order valence-corrected chi connectivity index (χ0v) is 13.6. The van der Waals surface area contributed by atoms with Crippen LogP contribution in [0.3, 0.4) is 0 Å². The molecular weight excluding hydrogens is 316 g/mol. The van der Waals surface area contributed by atoms with Gasteiger partial charge in [-0.15, -0.1) is 12.4 Å². The topological polar surface area (TPSA) is 67.2 Å². The van der Waals surface area contributed by atoms with E-state index in [4.69, 9.17) is 0 Å². The van der Waals surface area contributed by atoms with Gasteiger partial charge in [0.05, 0.1) is 5.69 Å². The summed E-state index contributed by atoms with van der Waals surface area (Å²) in [6.07, 6.45) is 0. The normalized spacial score (nSPS) is 17.4. The summed E-state index contributed by atoms with van der Waals surface area (Å²) in [5.74, 6) is -0.141. The lowest BCUT2D eigenvalue weighted by Crippen LogP contribution is -2.51. The van der Waals surface area contributed by atoms with Crippen molar-refractivity contribution in [3.8, 4) is 5.69 Å². The van der Waals surface area contributed by atoms with Crippen molar-refractivity contribution < 1.29 is 4.79 Å². The highest BCUT2D eigenvalue weighted by atomic mass is 35.5. The van der Waals surface area contributed by atoms with Gasteiger partial charge in [0.2, 0.25) is 0 Å². The number of hydrogen-bond donors (Lipinski definition) is 1. The average Bonchev–Trinajstić information content (AvgIpc) is 2.55. The lowest BCUT2D eigenvalue weighted by Gasteiger charge is -2.31. The third kappa shape index (κ3) is 3.78. The molecule has 0 aliphatic carbocycles. The van der Waals surface area contributed by atoms with Gasteiger partial charge in [-0.2, -0.15) is 9.78 Å². The van der Waals surface area contributed by atoms with E-state index in [0.717, 1.165) is 6.54 Å². The highest BCUT2D eigenvalue weighted by molar-refractivity contribution is 5.92. The molecule has 122 valence electrons. The van der Waals surface area contributed by atoms with Crippen LogP contribution in [0, 0.1) is 0 Å². The molecular formula is C16H19ClN4O2. The number of hydrogen-bond acceptors (Lipinski definition) is 4. The Hall–Kier alpha value is -2.18. The molecule has 3 rings (SSSR count). The van der Waals surface area contributed by atoms with Crippen LogP contribution in [-0.2, 0) is 0 Å². The van der Waals surface area contributed by atoms with E-state index >= 15 is 0 Å². The minimum Gasteiger partial charge on any atom is -0.334 e. The Bertz CT molecular complexity index is 732. The molecule has 1 aliphatic heterocycles. The van der Waals surface area contributed by atoms with Crippen molar-refractivity contribution >= 4 is 18.3 Å². The number of amides is 1. The summed E-state index contributed by atoms with van der Waals surface area (Å²) in [4.78, 5) is 26.3. The highest BCUT2D eigenvalue weighted by Crippen LogP contribution is 2.07. The second-order valence-electron chi connectivity index (χ2n) is 5.41. The molecule has 6 nitrogen and oxygen atoms in total. The maximum atomic E-state index is 12.6.